The maximum Gasteiger partial charge on any atom is 0.0153 e. The Bertz CT molecular complexity index is 146. The lowest BCUT2D eigenvalue weighted by Crippen LogP contribution is -2.47. The average Bonchev–Trinajstić information content (AvgIpc) is 2.01. The Kier molecular flexibility index (Phi) is 4.90. The van der Waals surface area contributed by atoms with Crippen LogP contribution in [-0.2, 0) is 0 Å². The minimum atomic E-state index is 0.409. The lowest BCUT2D eigenvalue weighted by molar-refractivity contribution is 0.102. The molecule has 0 saturated carbocycles. The third-order valence-corrected chi connectivity index (χ3v) is 3.28. The van der Waals surface area contributed by atoms with E-state index >= 15 is 0 Å². The van der Waals surface area contributed by atoms with Crippen molar-refractivity contribution in [3.63, 3.8) is 0 Å². The monoisotopic (exact) mass is 198 g/mol. The Balaban J connectivity index is 2.45. The van der Waals surface area contributed by atoms with Crippen molar-refractivity contribution in [2.75, 3.05) is 26.2 Å². The molecule has 0 atom stereocenters. The van der Waals surface area contributed by atoms with Crippen LogP contribution in [0.25, 0.3) is 0 Å². The zero-order valence-electron chi connectivity index (χ0n) is 10.1. The first-order valence-corrected chi connectivity index (χ1v) is 6.12. The van der Waals surface area contributed by atoms with Crippen LogP contribution in [0.2, 0.25) is 0 Å². The fourth-order valence-electron chi connectivity index (χ4n) is 2.40. The zero-order valence-corrected chi connectivity index (χ0v) is 10.1. The van der Waals surface area contributed by atoms with E-state index in [-0.39, 0.29) is 0 Å². The lowest BCUT2D eigenvalue weighted by atomic mass is 9.95. The van der Waals surface area contributed by atoms with E-state index in [1.807, 2.05) is 0 Å². The van der Waals surface area contributed by atoms with E-state index in [4.69, 9.17) is 0 Å². The molecule has 1 N–H and O–H groups in total. The van der Waals surface area contributed by atoms with Gasteiger partial charge in [-0.05, 0) is 59.3 Å². The van der Waals surface area contributed by atoms with E-state index in [2.05, 4.69) is 31.0 Å². The predicted octanol–water partition coefficient (Wildman–Crippen LogP) is 2.25. The highest BCUT2D eigenvalue weighted by atomic mass is 15.2. The Morgan fingerprint density at radius 3 is 2.21 bits per heavy atom. The second-order valence-electron chi connectivity index (χ2n) is 5.01. The molecule has 14 heavy (non-hydrogen) atoms. The molecule has 2 nitrogen and oxygen atoms in total. The highest BCUT2D eigenvalue weighted by Crippen LogP contribution is 2.21. The highest BCUT2D eigenvalue weighted by Gasteiger charge is 2.25. The first-order valence-electron chi connectivity index (χ1n) is 6.12. The molecule has 0 aromatic rings. The third-order valence-electron chi connectivity index (χ3n) is 3.28. The van der Waals surface area contributed by atoms with E-state index in [1.54, 1.807) is 0 Å². The van der Waals surface area contributed by atoms with Gasteiger partial charge in [-0.25, -0.2) is 0 Å². The smallest absolute Gasteiger partial charge is 0.0153 e. The van der Waals surface area contributed by atoms with Crippen LogP contribution in [0.3, 0.4) is 0 Å². The molecule has 0 radical (unpaired) electrons. The van der Waals surface area contributed by atoms with Crippen molar-refractivity contribution < 1.29 is 0 Å². The zero-order chi connectivity index (χ0) is 10.4. The minimum Gasteiger partial charge on any atom is -0.317 e. The van der Waals surface area contributed by atoms with Gasteiger partial charge in [0.1, 0.15) is 0 Å². The molecule has 0 unspecified atom stereocenters. The van der Waals surface area contributed by atoms with Gasteiger partial charge in [-0.1, -0.05) is 13.3 Å². The van der Waals surface area contributed by atoms with Crippen LogP contribution in [0.4, 0.5) is 0 Å². The topological polar surface area (TPSA) is 15.3 Å². The van der Waals surface area contributed by atoms with E-state index in [1.165, 1.54) is 51.9 Å². The summed E-state index contributed by atoms with van der Waals surface area (Å²) in [4.78, 5) is 2.68. The maximum atomic E-state index is 3.46. The second kappa shape index (κ2) is 5.72. The quantitative estimate of drug-likeness (QED) is 0.748. The molecule has 1 fully saturated rings. The molecule has 0 aromatic carbocycles. The molecule has 1 aliphatic heterocycles. The van der Waals surface area contributed by atoms with Crippen LogP contribution in [0, 0.1) is 0 Å². The molecule has 2 heteroatoms. The Hall–Kier alpha value is -0.0800. The fourth-order valence-corrected chi connectivity index (χ4v) is 2.40. The summed E-state index contributed by atoms with van der Waals surface area (Å²) in [5, 5.41) is 3.46. The molecule has 0 amide bonds. The minimum absolute atomic E-state index is 0.409. The van der Waals surface area contributed by atoms with Gasteiger partial charge in [0, 0.05) is 5.54 Å². The summed E-state index contributed by atoms with van der Waals surface area (Å²) in [6.45, 7) is 12.0. The molecule has 0 aliphatic carbocycles. The first-order chi connectivity index (χ1) is 6.67. The van der Waals surface area contributed by atoms with Crippen LogP contribution in [0.1, 0.15) is 46.5 Å². The van der Waals surface area contributed by atoms with Crippen LogP contribution >= 0.6 is 0 Å². The summed E-state index contributed by atoms with van der Waals surface area (Å²) >= 11 is 0. The van der Waals surface area contributed by atoms with Gasteiger partial charge >= 0.3 is 0 Å². The number of hydrogen-bond donors (Lipinski definition) is 1. The standard InChI is InChI=1S/C12H26N2/c1-4-7-12(2,3)14-10-5-8-13-9-6-11-14/h13H,4-11H2,1-3H3. The largest absolute Gasteiger partial charge is 0.317 e. The molecular formula is C12H26N2. The van der Waals surface area contributed by atoms with E-state index in [0.29, 0.717) is 5.54 Å². The molecule has 84 valence electrons. The summed E-state index contributed by atoms with van der Waals surface area (Å²) < 4.78 is 0. The number of nitrogens with zero attached hydrogens (tertiary/aromatic N) is 1. The van der Waals surface area contributed by atoms with Gasteiger partial charge in [0.05, 0.1) is 0 Å². The number of nitrogens with one attached hydrogen (secondary N) is 1. The molecule has 1 aliphatic rings. The Morgan fingerprint density at radius 2 is 1.71 bits per heavy atom. The van der Waals surface area contributed by atoms with Crippen LogP contribution in [0.5, 0.6) is 0 Å². The number of hydrogen-bond acceptors (Lipinski definition) is 2. The first kappa shape index (κ1) is 12.0. The van der Waals surface area contributed by atoms with Gasteiger partial charge < -0.3 is 5.32 Å². The van der Waals surface area contributed by atoms with Crippen molar-refractivity contribution in [3.05, 3.63) is 0 Å². The molecular weight excluding hydrogens is 172 g/mol. The summed E-state index contributed by atoms with van der Waals surface area (Å²) in [5.41, 5.74) is 0.409. The molecule has 0 spiro atoms. The normalized spacial score (nSPS) is 21.6. The summed E-state index contributed by atoms with van der Waals surface area (Å²) in [5.74, 6) is 0. The van der Waals surface area contributed by atoms with Crippen LogP contribution in [0.15, 0.2) is 0 Å². The Labute approximate surface area is 89.1 Å². The van der Waals surface area contributed by atoms with Gasteiger partial charge in [-0.3, -0.25) is 4.90 Å². The lowest BCUT2D eigenvalue weighted by Gasteiger charge is -2.39. The van der Waals surface area contributed by atoms with Crippen molar-refractivity contribution >= 4 is 0 Å². The molecule has 1 heterocycles. The van der Waals surface area contributed by atoms with E-state index < -0.39 is 0 Å². The predicted molar refractivity (Wildman–Crippen MR) is 62.7 cm³/mol. The van der Waals surface area contributed by atoms with Crippen molar-refractivity contribution in [1.29, 1.82) is 0 Å². The van der Waals surface area contributed by atoms with Crippen molar-refractivity contribution in [1.82, 2.24) is 10.2 Å². The fraction of sp³-hybridized carbons (Fsp3) is 1.00. The SMILES string of the molecule is CCCC(C)(C)N1CCCNCCC1. The third kappa shape index (κ3) is 3.58. The second-order valence-corrected chi connectivity index (χ2v) is 5.01. The van der Waals surface area contributed by atoms with E-state index in [9.17, 15) is 0 Å². The molecule has 0 bridgehead atoms. The van der Waals surface area contributed by atoms with Crippen LogP contribution < -0.4 is 5.32 Å². The van der Waals surface area contributed by atoms with Crippen molar-refractivity contribution in [3.8, 4) is 0 Å². The Morgan fingerprint density at radius 1 is 1.14 bits per heavy atom. The molecule has 0 aromatic heterocycles. The van der Waals surface area contributed by atoms with Gasteiger partial charge in [-0.2, -0.15) is 0 Å². The average molecular weight is 198 g/mol. The van der Waals surface area contributed by atoms with Gasteiger partial charge in [-0.15, -0.1) is 0 Å². The van der Waals surface area contributed by atoms with Crippen molar-refractivity contribution in [2.24, 2.45) is 0 Å². The molecule has 1 rings (SSSR count). The number of rotatable bonds is 3. The summed E-state index contributed by atoms with van der Waals surface area (Å²) in [7, 11) is 0. The van der Waals surface area contributed by atoms with Gasteiger partial charge in [0.15, 0.2) is 0 Å². The molecule has 1 saturated heterocycles. The van der Waals surface area contributed by atoms with Crippen molar-refractivity contribution in [2.45, 2.75) is 52.0 Å². The van der Waals surface area contributed by atoms with Crippen LogP contribution in [-0.4, -0.2) is 36.6 Å². The maximum absolute atomic E-state index is 3.46. The van der Waals surface area contributed by atoms with Gasteiger partial charge in [0.25, 0.3) is 0 Å². The highest BCUT2D eigenvalue weighted by molar-refractivity contribution is 4.82. The van der Waals surface area contributed by atoms with E-state index in [0.717, 1.165) is 0 Å². The summed E-state index contributed by atoms with van der Waals surface area (Å²) in [6.07, 6.45) is 5.21. The summed E-state index contributed by atoms with van der Waals surface area (Å²) in [6, 6.07) is 0. The van der Waals surface area contributed by atoms with Gasteiger partial charge in [0.2, 0.25) is 0 Å².